The highest BCUT2D eigenvalue weighted by atomic mass is 79.9. The van der Waals surface area contributed by atoms with Crippen molar-refractivity contribution in [2.24, 2.45) is 0 Å². The first-order valence-corrected chi connectivity index (χ1v) is 8.68. The zero-order chi connectivity index (χ0) is 18.2. The maximum atomic E-state index is 11.9. The van der Waals surface area contributed by atoms with Gasteiger partial charge in [0.1, 0.15) is 0 Å². The molecule has 0 aliphatic heterocycles. The van der Waals surface area contributed by atoms with Crippen LogP contribution >= 0.6 is 15.9 Å². The van der Waals surface area contributed by atoms with E-state index in [1.54, 1.807) is 7.11 Å². The van der Waals surface area contributed by atoms with E-state index in [1.807, 2.05) is 32.9 Å². The number of benzene rings is 1. The summed E-state index contributed by atoms with van der Waals surface area (Å²) in [5.74, 6) is 0.874. The van der Waals surface area contributed by atoms with E-state index in [2.05, 4.69) is 26.6 Å². The average Bonchev–Trinajstić information content (AvgIpc) is 2.48. The highest BCUT2D eigenvalue weighted by molar-refractivity contribution is 9.10. The average molecular weight is 403 g/mol. The molecule has 0 fully saturated rings. The molecule has 0 saturated heterocycles. The number of methoxy groups -OCH3 is 1. The Kier molecular flexibility index (Phi) is 8.52. The van der Waals surface area contributed by atoms with Crippen LogP contribution < -0.4 is 20.1 Å². The third kappa shape index (κ3) is 7.51. The van der Waals surface area contributed by atoms with E-state index in [9.17, 15) is 4.79 Å². The first kappa shape index (κ1) is 20.7. The van der Waals surface area contributed by atoms with Crippen LogP contribution in [0.5, 0.6) is 11.5 Å². The molecule has 0 radical (unpaired) electrons. The van der Waals surface area contributed by atoms with Crippen molar-refractivity contribution in [3.63, 3.8) is 0 Å². The molecule has 0 saturated carbocycles. The lowest BCUT2D eigenvalue weighted by Gasteiger charge is -2.21. The molecule has 7 heteroatoms. The second-order valence-electron chi connectivity index (χ2n) is 6.45. The fraction of sp³-hybridized carbons (Fsp3) is 0.588. The third-order valence-electron chi connectivity index (χ3n) is 2.99. The van der Waals surface area contributed by atoms with Gasteiger partial charge in [-0.25, -0.2) is 0 Å². The molecule has 0 atom stereocenters. The molecular formula is C17H27BrN2O4. The maximum absolute atomic E-state index is 11.9. The zero-order valence-corrected chi connectivity index (χ0v) is 16.3. The van der Waals surface area contributed by atoms with Gasteiger partial charge in [0, 0.05) is 18.7 Å². The van der Waals surface area contributed by atoms with Crippen molar-refractivity contribution in [2.75, 3.05) is 26.9 Å². The van der Waals surface area contributed by atoms with Crippen molar-refractivity contribution in [2.45, 2.75) is 39.3 Å². The minimum atomic E-state index is -0.300. The molecule has 1 amide bonds. The quantitative estimate of drug-likeness (QED) is 0.551. The number of amides is 1. The second kappa shape index (κ2) is 9.86. The topological polar surface area (TPSA) is 79.8 Å². The lowest BCUT2D eigenvalue weighted by Crippen LogP contribution is -2.43. The molecule has 0 bridgehead atoms. The Morgan fingerprint density at radius 1 is 1.33 bits per heavy atom. The van der Waals surface area contributed by atoms with E-state index in [-0.39, 0.29) is 24.7 Å². The van der Waals surface area contributed by atoms with E-state index < -0.39 is 0 Å². The highest BCUT2D eigenvalue weighted by Crippen LogP contribution is 2.36. The lowest BCUT2D eigenvalue weighted by atomic mass is 10.1. The van der Waals surface area contributed by atoms with Crippen LogP contribution in [-0.4, -0.2) is 43.4 Å². The Labute approximate surface area is 152 Å². The largest absolute Gasteiger partial charge is 0.493 e. The standard InChI is InChI=1S/C17H27BrN2O4/c1-17(2,3)20-15(22)11-24-16-13(18)8-12(9-14(16)23-4)10-19-6-5-7-21/h8-9,19,21H,5-7,10-11H2,1-4H3,(H,20,22). The Morgan fingerprint density at radius 2 is 2.04 bits per heavy atom. The number of aliphatic hydroxyl groups is 1. The van der Waals surface area contributed by atoms with Crippen LogP contribution in [0.25, 0.3) is 0 Å². The normalized spacial score (nSPS) is 11.2. The molecular weight excluding hydrogens is 376 g/mol. The van der Waals surface area contributed by atoms with E-state index in [0.717, 1.165) is 16.6 Å². The van der Waals surface area contributed by atoms with Crippen LogP contribution in [0.3, 0.4) is 0 Å². The van der Waals surface area contributed by atoms with E-state index >= 15 is 0 Å². The summed E-state index contributed by atoms with van der Waals surface area (Å²) in [5.41, 5.74) is 0.717. The number of carbonyl (C=O) groups is 1. The number of rotatable bonds is 9. The molecule has 0 aliphatic rings. The predicted molar refractivity (Wildman–Crippen MR) is 97.5 cm³/mol. The first-order valence-electron chi connectivity index (χ1n) is 7.88. The van der Waals surface area contributed by atoms with E-state index in [1.165, 1.54) is 0 Å². The molecule has 1 aromatic rings. The molecule has 0 aromatic heterocycles. The molecule has 3 N–H and O–H groups in total. The molecule has 136 valence electrons. The van der Waals surface area contributed by atoms with Gasteiger partial charge in [-0.05, 0) is 67.4 Å². The van der Waals surface area contributed by atoms with Crippen LogP contribution in [0.1, 0.15) is 32.8 Å². The Bertz CT molecular complexity index is 544. The molecule has 1 rings (SSSR count). The number of aliphatic hydroxyl groups excluding tert-OH is 1. The number of hydrogen-bond donors (Lipinski definition) is 3. The molecule has 0 unspecified atom stereocenters. The van der Waals surface area contributed by atoms with Crippen LogP contribution in [0.4, 0.5) is 0 Å². The Morgan fingerprint density at radius 3 is 2.62 bits per heavy atom. The van der Waals surface area contributed by atoms with Crippen molar-refractivity contribution >= 4 is 21.8 Å². The van der Waals surface area contributed by atoms with Crippen LogP contribution in [-0.2, 0) is 11.3 Å². The monoisotopic (exact) mass is 402 g/mol. The molecule has 0 heterocycles. The summed E-state index contributed by atoms with van der Waals surface area (Å²) in [7, 11) is 1.56. The molecule has 6 nitrogen and oxygen atoms in total. The smallest absolute Gasteiger partial charge is 0.258 e. The van der Waals surface area contributed by atoms with Gasteiger partial charge < -0.3 is 25.2 Å². The highest BCUT2D eigenvalue weighted by Gasteiger charge is 2.17. The number of nitrogens with one attached hydrogen (secondary N) is 2. The summed E-state index contributed by atoms with van der Waals surface area (Å²) in [6, 6.07) is 3.79. The number of hydrogen-bond acceptors (Lipinski definition) is 5. The van der Waals surface area contributed by atoms with Gasteiger partial charge in [0.2, 0.25) is 0 Å². The summed E-state index contributed by atoms with van der Waals surface area (Å²) in [6.45, 7) is 7.23. The van der Waals surface area contributed by atoms with E-state index in [0.29, 0.717) is 24.5 Å². The van der Waals surface area contributed by atoms with Gasteiger partial charge in [-0.2, -0.15) is 0 Å². The van der Waals surface area contributed by atoms with Crippen LogP contribution in [0.2, 0.25) is 0 Å². The minimum absolute atomic E-state index is 0.0830. The van der Waals surface area contributed by atoms with Crippen LogP contribution in [0.15, 0.2) is 16.6 Å². The fourth-order valence-electron chi connectivity index (χ4n) is 2.04. The third-order valence-corrected chi connectivity index (χ3v) is 3.58. The lowest BCUT2D eigenvalue weighted by molar-refractivity contribution is -0.124. The number of halogens is 1. The fourth-order valence-corrected chi connectivity index (χ4v) is 2.65. The van der Waals surface area contributed by atoms with Crippen molar-refractivity contribution in [3.05, 3.63) is 22.2 Å². The summed E-state index contributed by atoms with van der Waals surface area (Å²) >= 11 is 3.47. The molecule has 0 aliphatic carbocycles. The van der Waals surface area contributed by atoms with Gasteiger partial charge in [-0.1, -0.05) is 0 Å². The summed E-state index contributed by atoms with van der Waals surface area (Å²) in [6.07, 6.45) is 0.711. The second-order valence-corrected chi connectivity index (χ2v) is 7.30. The Balaban J connectivity index is 2.72. The number of carbonyl (C=O) groups excluding carboxylic acids is 1. The minimum Gasteiger partial charge on any atom is -0.493 e. The maximum Gasteiger partial charge on any atom is 0.258 e. The summed E-state index contributed by atoms with van der Waals surface area (Å²) < 4.78 is 11.7. The van der Waals surface area contributed by atoms with Crippen molar-refractivity contribution < 1.29 is 19.4 Å². The van der Waals surface area contributed by atoms with Gasteiger partial charge >= 0.3 is 0 Å². The summed E-state index contributed by atoms with van der Waals surface area (Å²) in [5, 5.41) is 14.9. The van der Waals surface area contributed by atoms with Gasteiger partial charge in [-0.15, -0.1) is 0 Å². The molecule has 0 spiro atoms. The van der Waals surface area contributed by atoms with Gasteiger partial charge in [0.25, 0.3) is 5.91 Å². The first-order chi connectivity index (χ1) is 11.3. The van der Waals surface area contributed by atoms with Gasteiger partial charge in [0.15, 0.2) is 18.1 Å². The van der Waals surface area contributed by atoms with Gasteiger partial charge in [-0.3, -0.25) is 4.79 Å². The predicted octanol–water partition coefficient (Wildman–Crippen LogP) is 2.22. The van der Waals surface area contributed by atoms with Crippen molar-refractivity contribution in [1.82, 2.24) is 10.6 Å². The Hall–Kier alpha value is -1.31. The molecule has 24 heavy (non-hydrogen) atoms. The SMILES string of the molecule is COc1cc(CNCCCO)cc(Br)c1OCC(=O)NC(C)(C)C. The van der Waals surface area contributed by atoms with Gasteiger partial charge in [0.05, 0.1) is 11.6 Å². The summed E-state index contributed by atoms with van der Waals surface area (Å²) in [4.78, 5) is 11.9. The van der Waals surface area contributed by atoms with Crippen LogP contribution in [0, 0.1) is 0 Å². The number of ether oxygens (including phenoxy) is 2. The molecule has 1 aromatic carbocycles. The van der Waals surface area contributed by atoms with E-state index in [4.69, 9.17) is 14.6 Å². The van der Waals surface area contributed by atoms with Crippen molar-refractivity contribution in [3.8, 4) is 11.5 Å². The zero-order valence-electron chi connectivity index (χ0n) is 14.7. The van der Waals surface area contributed by atoms with Crippen molar-refractivity contribution in [1.29, 1.82) is 0 Å².